The first-order chi connectivity index (χ1) is 5.74. The van der Waals surface area contributed by atoms with E-state index in [1.54, 1.807) is 12.1 Å². The maximum atomic E-state index is 12.9. The summed E-state index contributed by atoms with van der Waals surface area (Å²) in [7, 11) is 0. The molecule has 0 aliphatic rings. The second-order valence-electron chi connectivity index (χ2n) is 2.49. The van der Waals surface area contributed by atoms with Crippen molar-refractivity contribution in [2.75, 3.05) is 0 Å². The predicted octanol–water partition coefficient (Wildman–Crippen LogP) is 2.67. The van der Waals surface area contributed by atoms with Crippen molar-refractivity contribution < 1.29 is 4.39 Å². The average Bonchev–Trinajstić information content (AvgIpc) is 2.07. The van der Waals surface area contributed by atoms with Crippen molar-refractivity contribution in [2.45, 2.75) is 6.92 Å². The minimum atomic E-state index is -0.299. The molecule has 1 aromatic carbocycles. The molecule has 0 unspecified atom stereocenters. The Balaban J connectivity index is 3.07. The van der Waals surface area contributed by atoms with E-state index >= 15 is 0 Å². The lowest BCUT2D eigenvalue weighted by molar-refractivity contribution is 0.624. The van der Waals surface area contributed by atoms with Crippen LogP contribution in [0, 0.1) is 24.1 Å². The van der Waals surface area contributed by atoms with Gasteiger partial charge in [-0.05, 0) is 25.1 Å². The summed E-state index contributed by atoms with van der Waals surface area (Å²) in [6, 6.07) is 6.60. The van der Waals surface area contributed by atoms with Gasteiger partial charge in [-0.2, -0.15) is 5.26 Å². The van der Waals surface area contributed by atoms with Crippen LogP contribution in [0.1, 0.15) is 11.1 Å². The molecule has 0 aromatic heterocycles. The van der Waals surface area contributed by atoms with E-state index in [1.807, 2.05) is 13.0 Å². The molecule has 0 aliphatic carbocycles. The van der Waals surface area contributed by atoms with E-state index in [0.29, 0.717) is 5.56 Å². The van der Waals surface area contributed by atoms with E-state index in [0.717, 1.165) is 5.56 Å². The van der Waals surface area contributed by atoms with Gasteiger partial charge in [0.1, 0.15) is 5.82 Å². The van der Waals surface area contributed by atoms with Gasteiger partial charge in [0.15, 0.2) is 0 Å². The van der Waals surface area contributed by atoms with Crippen molar-refractivity contribution in [1.29, 1.82) is 5.26 Å². The molecule has 0 saturated carbocycles. The van der Waals surface area contributed by atoms with Gasteiger partial charge in [0.2, 0.25) is 0 Å². The molecule has 0 heterocycles. The quantitative estimate of drug-likeness (QED) is 0.581. The highest BCUT2D eigenvalue weighted by atomic mass is 19.1. The van der Waals surface area contributed by atoms with Crippen LogP contribution in [0.2, 0.25) is 0 Å². The highest BCUT2D eigenvalue weighted by Gasteiger charge is 1.96. The Morgan fingerprint density at radius 1 is 1.50 bits per heavy atom. The highest BCUT2D eigenvalue weighted by molar-refractivity contribution is 5.53. The van der Waals surface area contributed by atoms with E-state index < -0.39 is 0 Å². The maximum absolute atomic E-state index is 12.9. The molecule has 0 bridgehead atoms. The number of hydrogen-bond acceptors (Lipinski definition) is 1. The van der Waals surface area contributed by atoms with Gasteiger partial charge in [-0.1, -0.05) is 11.6 Å². The van der Waals surface area contributed by atoms with E-state index in [9.17, 15) is 4.39 Å². The number of allylic oxidation sites excluding steroid dienone is 1. The molecule has 0 N–H and O–H groups in total. The van der Waals surface area contributed by atoms with Gasteiger partial charge < -0.3 is 0 Å². The third-order valence-electron chi connectivity index (χ3n) is 1.49. The monoisotopic (exact) mass is 161 g/mol. The van der Waals surface area contributed by atoms with Crippen molar-refractivity contribution in [3.8, 4) is 6.07 Å². The predicted molar refractivity (Wildman–Crippen MR) is 45.8 cm³/mol. The van der Waals surface area contributed by atoms with Gasteiger partial charge >= 0.3 is 0 Å². The van der Waals surface area contributed by atoms with Gasteiger partial charge in [0.25, 0.3) is 0 Å². The number of nitriles is 1. The number of nitrogens with zero attached hydrogens (tertiary/aromatic N) is 1. The smallest absolute Gasteiger partial charge is 0.130 e. The van der Waals surface area contributed by atoms with Gasteiger partial charge in [0, 0.05) is 11.6 Å². The van der Waals surface area contributed by atoms with Crippen LogP contribution < -0.4 is 0 Å². The minimum Gasteiger partial charge on any atom is -0.206 e. The average molecular weight is 161 g/mol. The molecule has 0 spiro atoms. The van der Waals surface area contributed by atoms with E-state index in [-0.39, 0.29) is 5.82 Å². The lowest BCUT2D eigenvalue weighted by Crippen LogP contribution is -1.82. The fraction of sp³-hybridized carbons (Fsp3) is 0.100. The summed E-state index contributed by atoms with van der Waals surface area (Å²) in [5.74, 6) is -0.299. The summed E-state index contributed by atoms with van der Waals surface area (Å²) in [4.78, 5) is 0. The van der Waals surface area contributed by atoms with Gasteiger partial charge in [-0.3, -0.25) is 0 Å². The summed E-state index contributed by atoms with van der Waals surface area (Å²) in [5.41, 5.74) is 1.44. The summed E-state index contributed by atoms with van der Waals surface area (Å²) in [6.45, 7) is 1.88. The molecule has 12 heavy (non-hydrogen) atoms. The van der Waals surface area contributed by atoms with Crippen LogP contribution in [-0.2, 0) is 0 Å². The summed E-state index contributed by atoms with van der Waals surface area (Å²) >= 11 is 0. The lowest BCUT2D eigenvalue weighted by Gasteiger charge is -1.96. The van der Waals surface area contributed by atoms with Crippen LogP contribution in [0.4, 0.5) is 4.39 Å². The fourth-order valence-electron chi connectivity index (χ4n) is 0.918. The molecule has 0 radical (unpaired) electrons. The Bertz CT molecular complexity index is 347. The largest absolute Gasteiger partial charge is 0.206 e. The minimum absolute atomic E-state index is 0.299. The van der Waals surface area contributed by atoms with Gasteiger partial charge in [-0.25, -0.2) is 4.39 Å². The Hall–Kier alpha value is -1.62. The van der Waals surface area contributed by atoms with Gasteiger partial charge in [-0.15, -0.1) is 0 Å². The van der Waals surface area contributed by atoms with Crippen molar-refractivity contribution in [2.24, 2.45) is 0 Å². The molecular weight excluding hydrogens is 153 g/mol. The molecule has 1 rings (SSSR count). The van der Waals surface area contributed by atoms with Crippen LogP contribution in [0.15, 0.2) is 24.3 Å². The van der Waals surface area contributed by atoms with E-state index in [4.69, 9.17) is 5.26 Å². The van der Waals surface area contributed by atoms with E-state index in [1.165, 1.54) is 18.2 Å². The first kappa shape index (κ1) is 8.48. The second-order valence-corrected chi connectivity index (χ2v) is 2.49. The molecule has 60 valence electrons. The van der Waals surface area contributed by atoms with Crippen LogP contribution >= 0.6 is 0 Å². The highest BCUT2D eigenvalue weighted by Crippen LogP contribution is 2.11. The Morgan fingerprint density at radius 3 is 2.92 bits per heavy atom. The van der Waals surface area contributed by atoms with Crippen LogP contribution in [-0.4, -0.2) is 0 Å². The van der Waals surface area contributed by atoms with Crippen molar-refractivity contribution in [3.05, 3.63) is 41.2 Å². The summed E-state index contributed by atoms with van der Waals surface area (Å²) in [5, 5.41) is 8.23. The molecular formula is C10H8FN. The zero-order chi connectivity index (χ0) is 8.97. The Morgan fingerprint density at radius 2 is 2.25 bits per heavy atom. The number of halogens is 1. The third-order valence-corrected chi connectivity index (χ3v) is 1.49. The van der Waals surface area contributed by atoms with Crippen LogP contribution in [0.3, 0.4) is 0 Å². The van der Waals surface area contributed by atoms with Crippen LogP contribution in [0.5, 0.6) is 0 Å². The van der Waals surface area contributed by atoms with Crippen LogP contribution in [0.25, 0.3) is 6.08 Å². The molecule has 0 saturated heterocycles. The first-order valence-electron chi connectivity index (χ1n) is 3.56. The standard InChI is InChI=1S/C10H8FN/c1-8-4-5-10(11)9(7-8)3-2-6-12/h2-5,7H,1H3. The molecule has 0 amide bonds. The van der Waals surface area contributed by atoms with Crippen molar-refractivity contribution in [1.82, 2.24) is 0 Å². The first-order valence-corrected chi connectivity index (χ1v) is 3.56. The molecule has 0 atom stereocenters. The number of benzene rings is 1. The Kier molecular flexibility index (Phi) is 2.60. The summed E-state index contributed by atoms with van der Waals surface area (Å²) in [6.07, 6.45) is 2.72. The molecule has 0 fully saturated rings. The second kappa shape index (κ2) is 3.68. The SMILES string of the molecule is Cc1ccc(F)c(C=CC#N)c1. The fourth-order valence-corrected chi connectivity index (χ4v) is 0.918. The van der Waals surface area contributed by atoms with E-state index in [2.05, 4.69) is 0 Å². The topological polar surface area (TPSA) is 23.8 Å². The zero-order valence-corrected chi connectivity index (χ0v) is 6.71. The molecule has 1 aromatic rings. The molecule has 1 nitrogen and oxygen atoms in total. The third kappa shape index (κ3) is 1.93. The number of hydrogen-bond donors (Lipinski definition) is 0. The van der Waals surface area contributed by atoms with Crippen molar-refractivity contribution >= 4 is 6.08 Å². The number of aryl methyl sites for hydroxylation is 1. The lowest BCUT2D eigenvalue weighted by atomic mass is 10.1. The van der Waals surface area contributed by atoms with Gasteiger partial charge in [0.05, 0.1) is 6.07 Å². The maximum Gasteiger partial charge on any atom is 0.130 e. The zero-order valence-electron chi connectivity index (χ0n) is 6.71. The summed E-state index contributed by atoms with van der Waals surface area (Å²) < 4.78 is 12.9. The number of rotatable bonds is 1. The normalized spacial score (nSPS) is 10.1. The van der Waals surface area contributed by atoms with Crippen molar-refractivity contribution in [3.63, 3.8) is 0 Å². The molecule has 0 aliphatic heterocycles. The molecule has 2 heteroatoms. The Labute approximate surface area is 70.8 Å².